The first kappa shape index (κ1) is 15.9. The number of nitrogens with zero attached hydrogens (tertiary/aromatic N) is 1. The van der Waals surface area contributed by atoms with E-state index >= 15 is 0 Å². The summed E-state index contributed by atoms with van der Waals surface area (Å²) < 4.78 is 5.99. The molecule has 1 N–H and O–H groups in total. The van der Waals surface area contributed by atoms with Crippen molar-refractivity contribution in [2.45, 2.75) is 71.4 Å². The van der Waals surface area contributed by atoms with E-state index in [-0.39, 0.29) is 5.60 Å². The van der Waals surface area contributed by atoms with Crippen LogP contribution in [0.25, 0.3) is 0 Å². The Kier molecular flexibility index (Phi) is 5.58. The van der Waals surface area contributed by atoms with Crippen LogP contribution >= 0.6 is 11.3 Å². The second kappa shape index (κ2) is 7.01. The number of aromatic nitrogens is 1. The van der Waals surface area contributed by atoms with Crippen LogP contribution in [0.2, 0.25) is 0 Å². The Balaban J connectivity index is 2.19. The van der Waals surface area contributed by atoms with Crippen molar-refractivity contribution in [3.8, 4) is 0 Å². The minimum atomic E-state index is -0.216. The number of thiazole rings is 1. The van der Waals surface area contributed by atoms with E-state index in [1.807, 2.05) is 11.3 Å². The van der Waals surface area contributed by atoms with Gasteiger partial charge in [-0.3, -0.25) is 0 Å². The molecule has 1 aromatic heterocycles. The molecule has 1 aliphatic rings. The van der Waals surface area contributed by atoms with Gasteiger partial charge < -0.3 is 10.1 Å². The van der Waals surface area contributed by atoms with Gasteiger partial charge in [-0.25, -0.2) is 4.98 Å². The summed E-state index contributed by atoms with van der Waals surface area (Å²) in [6.45, 7) is 11.4. The van der Waals surface area contributed by atoms with Crippen LogP contribution in [-0.4, -0.2) is 18.1 Å². The number of nitrogens with one attached hydrogen (secondary N) is 1. The zero-order valence-corrected chi connectivity index (χ0v) is 14.1. The number of rotatable bonds is 9. The van der Waals surface area contributed by atoms with Crippen molar-refractivity contribution in [2.75, 3.05) is 13.2 Å². The van der Waals surface area contributed by atoms with E-state index in [0.717, 1.165) is 31.1 Å². The molecule has 1 atom stereocenters. The van der Waals surface area contributed by atoms with E-state index in [1.165, 1.54) is 29.8 Å². The highest BCUT2D eigenvalue weighted by molar-refractivity contribution is 7.11. The van der Waals surface area contributed by atoms with Crippen LogP contribution in [0, 0.1) is 0 Å². The lowest BCUT2D eigenvalue weighted by Gasteiger charge is -2.25. The molecule has 2 rings (SSSR count). The van der Waals surface area contributed by atoms with Gasteiger partial charge in [-0.2, -0.15) is 0 Å². The molecule has 0 radical (unpaired) electrons. The van der Waals surface area contributed by atoms with Crippen LogP contribution < -0.4 is 5.32 Å². The van der Waals surface area contributed by atoms with E-state index in [9.17, 15) is 0 Å². The van der Waals surface area contributed by atoms with E-state index in [2.05, 4.69) is 33.0 Å². The van der Waals surface area contributed by atoms with Gasteiger partial charge in [0.25, 0.3) is 0 Å². The van der Waals surface area contributed by atoms with Crippen molar-refractivity contribution in [1.29, 1.82) is 0 Å². The van der Waals surface area contributed by atoms with E-state index in [4.69, 9.17) is 9.72 Å². The molecule has 1 aliphatic carbocycles. The molecule has 1 saturated carbocycles. The SMILES string of the molecule is CCCNCc1sc(C(C)(CC)OCC)nc1C1CC1. The molecule has 0 bridgehead atoms. The normalized spacial score (nSPS) is 18.2. The third kappa shape index (κ3) is 3.60. The lowest BCUT2D eigenvalue weighted by atomic mass is 10.0. The largest absolute Gasteiger partial charge is 0.368 e. The number of hydrogen-bond donors (Lipinski definition) is 1. The molecule has 0 amide bonds. The fourth-order valence-corrected chi connectivity index (χ4v) is 3.69. The molecule has 1 unspecified atom stereocenters. The summed E-state index contributed by atoms with van der Waals surface area (Å²) in [5.74, 6) is 0.709. The minimum Gasteiger partial charge on any atom is -0.368 e. The minimum absolute atomic E-state index is 0.216. The van der Waals surface area contributed by atoms with Crippen LogP contribution in [-0.2, 0) is 16.9 Å². The topological polar surface area (TPSA) is 34.1 Å². The molecule has 1 aromatic rings. The first-order valence-electron chi connectivity index (χ1n) is 7.99. The maximum Gasteiger partial charge on any atom is 0.125 e. The summed E-state index contributed by atoms with van der Waals surface area (Å²) in [6.07, 6.45) is 4.76. The van der Waals surface area contributed by atoms with Gasteiger partial charge in [-0.1, -0.05) is 13.8 Å². The fourth-order valence-electron chi connectivity index (χ4n) is 2.40. The molecule has 0 saturated heterocycles. The Bertz CT molecular complexity index is 428. The zero-order chi connectivity index (χ0) is 14.6. The Hall–Kier alpha value is -0.450. The maximum absolute atomic E-state index is 5.99. The second-order valence-corrected chi connectivity index (χ2v) is 6.88. The van der Waals surface area contributed by atoms with Gasteiger partial charge in [0.2, 0.25) is 0 Å². The second-order valence-electron chi connectivity index (χ2n) is 5.80. The first-order valence-corrected chi connectivity index (χ1v) is 8.81. The quantitative estimate of drug-likeness (QED) is 0.694. The maximum atomic E-state index is 5.99. The summed E-state index contributed by atoms with van der Waals surface area (Å²) in [5, 5.41) is 4.68. The van der Waals surface area contributed by atoms with Crippen LogP contribution in [0.1, 0.15) is 74.9 Å². The Labute approximate surface area is 127 Å². The Morgan fingerprint density at radius 1 is 1.35 bits per heavy atom. The van der Waals surface area contributed by atoms with Crippen molar-refractivity contribution in [3.63, 3.8) is 0 Å². The highest BCUT2D eigenvalue weighted by atomic mass is 32.1. The smallest absolute Gasteiger partial charge is 0.125 e. The van der Waals surface area contributed by atoms with E-state index in [1.54, 1.807) is 0 Å². The average molecular weight is 296 g/mol. The molecule has 0 aliphatic heterocycles. The number of hydrogen-bond acceptors (Lipinski definition) is 4. The van der Waals surface area contributed by atoms with Gasteiger partial charge in [0.05, 0.1) is 5.69 Å². The molecule has 3 nitrogen and oxygen atoms in total. The summed E-state index contributed by atoms with van der Waals surface area (Å²) in [6, 6.07) is 0. The van der Waals surface area contributed by atoms with Gasteiger partial charge in [0.1, 0.15) is 10.6 Å². The van der Waals surface area contributed by atoms with Crippen molar-refractivity contribution in [2.24, 2.45) is 0 Å². The summed E-state index contributed by atoms with van der Waals surface area (Å²) in [5.41, 5.74) is 1.12. The van der Waals surface area contributed by atoms with Crippen molar-refractivity contribution in [3.05, 3.63) is 15.6 Å². The van der Waals surface area contributed by atoms with E-state index < -0.39 is 0 Å². The molecule has 1 fully saturated rings. The van der Waals surface area contributed by atoms with Gasteiger partial charge in [-0.05, 0) is 46.1 Å². The van der Waals surface area contributed by atoms with Crippen LogP contribution in [0.15, 0.2) is 0 Å². The first-order chi connectivity index (χ1) is 9.64. The van der Waals surface area contributed by atoms with Gasteiger partial charge >= 0.3 is 0 Å². The third-order valence-electron chi connectivity index (χ3n) is 3.99. The summed E-state index contributed by atoms with van der Waals surface area (Å²) in [4.78, 5) is 6.39. The molecule has 20 heavy (non-hydrogen) atoms. The average Bonchev–Trinajstić information content (AvgIpc) is 3.20. The molecular formula is C16H28N2OS. The van der Waals surface area contributed by atoms with Crippen molar-refractivity contribution in [1.82, 2.24) is 10.3 Å². The van der Waals surface area contributed by atoms with Gasteiger partial charge in [-0.15, -0.1) is 11.3 Å². The fraction of sp³-hybridized carbons (Fsp3) is 0.812. The monoisotopic (exact) mass is 296 g/mol. The molecule has 0 aromatic carbocycles. The lowest BCUT2D eigenvalue weighted by molar-refractivity contribution is -0.0325. The van der Waals surface area contributed by atoms with Crippen molar-refractivity contribution < 1.29 is 4.74 Å². The van der Waals surface area contributed by atoms with Crippen molar-refractivity contribution >= 4 is 11.3 Å². The molecule has 4 heteroatoms. The standard InChI is InChI=1S/C16H28N2OS/c1-5-10-17-11-13-14(12-8-9-12)18-15(20-13)16(4,6-2)19-7-3/h12,17H,5-11H2,1-4H3. The van der Waals surface area contributed by atoms with Crippen LogP contribution in [0.5, 0.6) is 0 Å². The third-order valence-corrected chi connectivity index (χ3v) is 5.31. The van der Waals surface area contributed by atoms with Crippen LogP contribution in [0.3, 0.4) is 0 Å². The summed E-state index contributed by atoms with van der Waals surface area (Å²) in [7, 11) is 0. The van der Waals surface area contributed by atoms with Crippen LogP contribution in [0.4, 0.5) is 0 Å². The Morgan fingerprint density at radius 2 is 2.10 bits per heavy atom. The Morgan fingerprint density at radius 3 is 2.65 bits per heavy atom. The predicted octanol–water partition coefficient (Wildman–Crippen LogP) is 4.18. The predicted molar refractivity (Wildman–Crippen MR) is 85.4 cm³/mol. The zero-order valence-electron chi connectivity index (χ0n) is 13.3. The molecule has 1 heterocycles. The molecule has 114 valence electrons. The van der Waals surface area contributed by atoms with Gasteiger partial charge in [0, 0.05) is 23.9 Å². The number of ether oxygens (including phenoxy) is 1. The van der Waals surface area contributed by atoms with Gasteiger partial charge in [0.15, 0.2) is 0 Å². The highest BCUT2D eigenvalue weighted by Crippen LogP contribution is 2.45. The molecule has 0 spiro atoms. The van der Waals surface area contributed by atoms with E-state index in [0.29, 0.717) is 5.92 Å². The highest BCUT2D eigenvalue weighted by Gasteiger charge is 2.34. The lowest BCUT2D eigenvalue weighted by Crippen LogP contribution is -2.24. The summed E-state index contributed by atoms with van der Waals surface area (Å²) >= 11 is 1.85. The molecular weight excluding hydrogens is 268 g/mol.